The molecule has 0 saturated carbocycles. The van der Waals surface area contributed by atoms with Crippen molar-refractivity contribution < 1.29 is 26.3 Å². The van der Waals surface area contributed by atoms with Gasteiger partial charge in [-0.05, 0) is 49.5 Å². The second kappa shape index (κ2) is 7.40. The molecule has 152 valence electrons. The van der Waals surface area contributed by atoms with Gasteiger partial charge in [0.1, 0.15) is 0 Å². The van der Waals surface area contributed by atoms with Crippen LogP contribution in [0.1, 0.15) is 34.3 Å². The van der Waals surface area contributed by atoms with Crippen LogP contribution in [0.15, 0.2) is 48.5 Å². The number of piperazine rings is 1. The minimum atomic E-state index is -4.42. The third-order valence-electron chi connectivity index (χ3n) is 5.18. The lowest BCUT2D eigenvalue weighted by Gasteiger charge is -2.44. The zero-order valence-electron chi connectivity index (χ0n) is 15.3. The topological polar surface area (TPSA) is 6.48 Å². The summed E-state index contributed by atoms with van der Waals surface area (Å²) in [5.41, 5.74) is -0.347. The highest BCUT2D eigenvalue weighted by atomic mass is 19.4. The first kappa shape index (κ1) is 20.7. The lowest BCUT2D eigenvalue weighted by molar-refractivity contribution is -0.138. The van der Waals surface area contributed by atoms with Crippen LogP contribution in [-0.4, -0.2) is 37.0 Å². The number of alkyl halides is 6. The number of halogens is 6. The van der Waals surface area contributed by atoms with Gasteiger partial charge in [0, 0.05) is 25.2 Å². The van der Waals surface area contributed by atoms with E-state index in [0.717, 1.165) is 24.3 Å². The number of nitrogens with zero attached hydrogens (tertiary/aromatic N) is 2. The average molecular weight is 402 g/mol. The minimum absolute atomic E-state index is 0.283. The second-order valence-electron chi connectivity index (χ2n) is 7.16. The summed E-state index contributed by atoms with van der Waals surface area (Å²) >= 11 is 0. The van der Waals surface area contributed by atoms with Crippen molar-refractivity contribution in [2.45, 2.75) is 24.4 Å². The van der Waals surface area contributed by atoms with E-state index >= 15 is 0 Å². The fraction of sp³-hybridized carbons (Fsp3) is 0.400. The molecule has 0 bridgehead atoms. The number of likely N-dealkylation sites (N-methyl/N-ethyl adjacent to an activating group) is 2. The summed E-state index contributed by atoms with van der Waals surface area (Å²) < 4.78 is 78.1. The third-order valence-corrected chi connectivity index (χ3v) is 5.18. The van der Waals surface area contributed by atoms with Crippen molar-refractivity contribution in [2.24, 2.45) is 0 Å². The van der Waals surface area contributed by atoms with Gasteiger partial charge in [0.25, 0.3) is 0 Å². The fourth-order valence-electron chi connectivity index (χ4n) is 3.64. The zero-order valence-corrected chi connectivity index (χ0v) is 15.3. The van der Waals surface area contributed by atoms with Gasteiger partial charge < -0.3 is 0 Å². The maximum absolute atomic E-state index is 13.0. The molecule has 28 heavy (non-hydrogen) atoms. The van der Waals surface area contributed by atoms with Crippen LogP contribution in [-0.2, 0) is 12.4 Å². The van der Waals surface area contributed by atoms with Crippen LogP contribution in [0.5, 0.6) is 0 Å². The quantitative estimate of drug-likeness (QED) is 0.622. The normalized spacial score (nSPS) is 22.4. The lowest BCUT2D eigenvalue weighted by atomic mass is 9.95. The smallest absolute Gasteiger partial charge is 0.296 e. The molecule has 0 radical (unpaired) electrons. The van der Waals surface area contributed by atoms with E-state index in [1.807, 2.05) is 9.80 Å². The molecule has 8 heteroatoms. The van der Waals surface area contributed by atoms with Crippen molar-refractivity contribution in [1.82, 2.24) is 9.80 Å². The summed E-state index contributed by atoms with van der Waals surface area (Å²) in [7, 11) is 3.55. The second-order valence-corrected chi connectivity index (χ2v) is 7.16. The van der Waals surface area contributed by atoms with Gasteiger partial charge in [0.2, 0.25) is 0 Å². The monoisotopic (exact) mass is 402 g/mol. The van der Waals surface area contributed by atoms with Gasteiger partial charge in [0.05, 0.1) is 11.1 Å². The van der Waals surface area contributed by atoms with E-state index in [9.17, 15) is 26.3 Å². The van der Waals surface area contributed by atoms with E-state index < -0.39 is 23.5 Å². The molecule has 2 aromatic carbocycles. The largest absolute Gasteiger partial charge is 0.416 e. The number of hydrogen-bond acceptors (Lipinski definition) is 2. The molecule has 2 aromatic rings. The van der Waals surface area contributed by atoms with Gasteiger partial charge in [-0.1, -0.05) is 24.3 Å². The van der Waals surface area contributed by atoms with Gasteiger partial charge in [-0.3, -0.25) is 9.80 Å². The Kier molecular flexibility index (Phi) is 5.46. The van der Waals surface area contributed by atoms with Crippen LogP contribution in [0.3, 0.4) is 0 Å². The highest BCUT2D eigenvalue weighted by Crippen LogP contribution is 2.37. The fourth-order valence-corrected chi connectivity index (χ4v) is 3.64. The molecular formula is C20H20F6N2. The van der Waals surface area contributed by atoms with Crippen molar-refractivity contribution in [1.29, 1.82) is 0 Å². The highest BCUT2D eigenvalue weighted by Gasteiger charge is 2.36. The molecule has 0 spiro atoms. The summed E-state index contributed by atoms with van der Waals surface area (Å²) in [6.07, 6.45) is -8.84. The Bertz CT molecular complexity index is 760. The average Bonchev–Trinajstić information content (AvgIpc) is 2.62. The number of hydrogen-bond donors (Lipinski definition) is 0. The molecule has 0 N–H and O–H groups in total. The van der Waals surface area contributed by atoms with E-state index in [2.05, 4.69) is 0 Å². The molecule has 1 aliphatic rings. The first-order valence-corrected chi connectivity index (χ1v) is 8.71. The van der Waals surface area contributed by atoms with Gasteiger partial charge >= 0.3 is 12.4 Å². The van der Waals surface area contributed by atoms with E-state index in [4.69, 9.17) is 0 Å². The summed E-state index contributed by atoms with van der Waals surface area (Å²) in [4.78, 5) is 3.78. The summed E-state index contributed by atoms with van der Waals surface area (Å²) in [5, 5.41) is 0. The molecule has 2 atom stereocenters. The molecule has 0 aliphatic carbocycles. The van der Waals surface area contributed by atoms with Crippen LogP contribution < -0.4 is 0 Å². The van der Waals surface area contributed by atoms with Crippen LogP contribution in [0, 0.1) is 0 Å². The summed E-state index contributed by atoms with van der Waals surface area (Å²) in [6.45, 7) is 0.803. The summed E-state index contributed by atoms with van der Waals surface area (Å²) in [6, 6.07) is 9.82. The van der Waals surface area contributed by atoms with E-state index in [1.165, 1.54) is 12.1 Å². The van der Waals surface area contributed by atoms with E-state index in [1.54, 1.807) is 26.2 Å². The van der Waals surface area contributed by atoms with Crippen LogP contribution >= 0.6 is 0 Å². The van der Waals surface area contributed by atoms with Crippen LogP contribution in [0.2, 0.25) is 0 Å². The molecule has 0 amide bonds. The SMILES string of the molecule is CN1C[C@@H](c2cccc(C(F)(F)F)c2)N(C)C[C@H]1c1cccc(C(F)(F)F)c1. The molecule has 0 aromatic heterocycles. The molecule has 2 nitrogen and oxygen atoms in total. The van der Waals surface area contributed by atoms with Crippen molar-refractivity contribution in [3.8, 4) is 0 Å². The molecule has 3 rings (SSSR count). The number of rotatable bonds is 2. The molecule has 1 aliphatic heterocycles. The molecule has 1 saturated heterocycles. The third kappa shape index (κ3) is 4.33. The Balaban J connectivity index is 1.84. The molecular weight excluding hydrogens is 382 g/mol. The Morgan fingerprint density at radius 1 is 0.679 bits per heavy atom. The van der Waals surface area contributed by atoms with Crippen molar-refractivity contribution in [3.63, 3.8) is 0 Å². The Morgan fingerprint density at radius 3 is 1.36 bits per heavy atom. The molecule has 0 unspecified atom stereocenters. The first-order chi connectivity index (χ1) is 13.0. The van der Waals surface area contributed by atoms with Gasteiger partial charge in [-0.15, -0.1) is 0 Å². The maximum atomic E-state index is 13.0. The zero-order chi connectivity index (χ0) is 20.7. The first-order valence-electron chi connectivity index (χ1n) is 8.71. The Morgan fingerprint density at radius 2 is 1.04 bits per heavy atom. The summed E-state index contributed by atoms with van der Waals surface area (Å²) in [5.74, 6) is 0. The predicted molar refractivity (Wildman–Crippen MR) is 93.6 cm³/mol. The molecule has 1 fully saturated rings. The van der Waals surface area contributed by atoms with Crippen LogP contribution in [0.4, 0.5) is 26.3 Å². The van der Waals surface area contributed by atoms with Gasteiger partial charge in [0.15, 0.2) is 0 Å². The molecule has 1 heterocycles. The van der Waals surface area contributed by atoms with Crippen molar-refractivity contribution in [3.05, 3.63) is 70.8 Å². The van der Waals surface area contributed by atoms with Crippen LogP contribution in [0.25, 0.3) is 0 Å². The minimum Gasteiger partial charge on any atom is -0.296 e. The highest BCUT2D eigenvalue weighted by molar-refractivity contribution is 5.31. The van der Waals surface area contributed by atoms with E-state index in [0.29, 0.717) is 24.2 Å². The van der Waals surface area contributed by atoms with E-state index in [-0.39, 0.29) is 12.1 Å². The van der Waals surface area contributed by atoms with Gasteiger partial charge in [-0.25, -0.2) is 0 Å². The Labute approximate surface area is 159 Å². The van der Waals surface area contributed by atoms with Crippen molar-refractivity contribution in [2.75, 3.05) is 27.2 Å². The Hall–Kier alpha value is -2.06. The van der Waals surface area contributed by atoms with Crippen molar-refractivity contribution >= 4 is 0 Å². The number of benzene rings is 2. The van der Waals surface area contributed by atoms with Gasteiger partial charge in [-0.2, -0.15) is 26.3 Å². The predicted octanol–water partition coefficient (Wildman–Crippen LogP) is 5.38. The maximum Gasteiger partial charge on any atom is 0.416 e. The standard InChI is InChI=1S/C20H20F6N2/c1-27-11-18(14-6-4-8-16(10-14)20(24,25)26)28(2)12-17(27)13-5-3-7-15(9-13)19(21,22)23/h3-10,17-18H,11-12H2,1-2H3/t17-,18-/m0/s1. The lowest BCUT2D eigenvalue weighted by Crippen LogP contribution is -2.47.